The first-order chi connectivity index (χ1) is 16.7. The monoisotopic (exact) mass is 598 g/mol. The molecule has 0 radical (unpaired) electrons. The second-order valence-electron chi connectivity index (χ2n) is 7.56. The molecular weight excluding hydrogens is 584 g/mol. The third-order valence-electron chi connectivity index (χ3n) is 5.24. The molecular formula is C25H16Br2N2O6. The molecule has 4 rings (SSSR count). The Kier molecular flexibility index (Phi) is 6.95. The summed E-state index contributed by atoms with van der Waals surface area (Å²) in [6.07, 6.45) is 1.50. The number of nitrogens with zero attached hydrogens (tertiary/aromatic N) is 2. The fourth-order valence-corrected chi connectivity index (χ4v) is 4.83. The fourth-order valence-electron chi connectivity index (χ4n) is 3.45. The van der Waals surface area contributed by atoms with Crippen LogP contribution in [0.3, 0.4) is 0 Å². The molecule has 0 unspecified atom stereocenters. The van der Waals surface area contributed by atoms with Crippen LogP contribution in [-0.4, -0.2) is 22.8 Å². The molecule has 35 heavy (non-hydrogen) atoms. The predicted molar refractivity (Wildman–Crippen MR) is 136 cm³/mol. The summed E-state index contributed by atoms with van der Waals surface area (Å²) in [5.41, 5.74) is 2.44. The summed E-state index contributed by atoms with van der Waals surface area (Å²) < 4.78 is 11.8. The number of hydrogen-bond donors (Lipinski definition) is 0. The molecule has 0 atom stereocenters. The zero-order chi connectivity index (χ0) is 25.3. The Morgan fingerprint density at radius 1 is 1.09 bits per heavy atom. The average Bonchev–Trinajstić information content (AvgIpc) is 3.16. The van der Waals surface area contributed by atoms with Crippen molar-refractivity contribution in [3.63, 3.8) is 0 Å². The van der Waals surface area contributed by atoms with Gasteiger partial charge in [0.25, 0.3) is 5.69 Å². The highest BCUT2D eigenvalue weighted by molar-refractivity contribution is 9.11. The summed E-state index contributed by atoms with van der Waals surface area (Å²) in [5, 5.41) is 11.2. The zero-order valence-corrected chi connectivity index (χ0v) is 21.5. The SMILES string of the molecule is Cc1ccccc1C(=O)Oc1c(Br)cc(/C=C2\N=C(c3cccc([N+](=O)[O-])c3C)OC2=O)cc1Br. The van der Waals surface area contributed by atoms with Gasteiger partial charge >= 0.3 is 11.9 Å². The average molecular weight is 600 g/mol. The molecule has 0 saturated heterocycles. The number of cyclic esters (lactones) is 1. The normalized spacial score (nSPS) is 14.0. The number of benzene rings is 3. The number of carbonyl (C=O) groups excluding carboxylic acids is 2. The first-order valence-corrected chi connectivity index (χ1v) is 11.8. The van der Waals surface area contributed by atoms with E-state index >= 15 is 0 Å². The molecule has 0 amide bonds. The van der Waals surface area contributed by atoms with Gasteiger partial charge in [0, 0.05) is 17.2 Å². The molecule has 0 aromatic heterocycles. The van der Waals surface area contributed by atoms with E-state index in [9.17, 15) is 19.7 Å². The van der Waals surface area contributed by atoms with E-state index < -0.39 is 16.9 Å². The van der Waals surface area contributed by atoms with Crippen LogP contribution in [-0.2, 0) is 9.53 Å². The maximum absolute atomic E-state index is 12.6. The van der Waals surface area contributed by atoms with E-state index in [1.54, 1.807) is 37.3 Å². The van der Waals surface area contributed by atoms with Gasteiger partial charge in [0.05, 0.1) is 19.4 Å². The molecule has 1 aliphatic heterocycles. The van der Waals surface area contributed by atoms with Crippen LogP contribution in [0.15, 0.2) is 74.2 Å². The highest BCUT2D eigenvalue weighted by Crippen LogP contribution is 2.36. The van der Waals surface area contributed by atoms with E-state index in [0.29, 0.717) is 31.2 Å². The number of aryl methyl sites for hydroxylation is 1. The third-order valence-corrected chi connectivity index (χ3v) is 6.41. The molecule has 0 aliphatic carbocycles. The number of nitro groups is 1. The smallest absolute Gasteiger partial charge is 0.363 e. The zero-order valence-electron chi connectivity index (χ0n) is 18.4. The van der Waals surface area contributed by atoms with Crippen molar-refractivity contribution in [2.45, 2.75) is 13.8 Å². The number of rotatable bonds is 5. The van der Waals surface area contributed by atoms with E-state index in [0.717, 1.165) is 5.56 Å². The summed E-state index contributed by atoms with van der Waals surface area (Å²) in [6, 6.07) is 14.9. The molecule has 0 N–H and O–H groups in total. The van der Waals surface area contributed by atoms with Gasteiger partial charge in [-0.05, 0) is 87.2 Å². The molecule has 3 aromatic carbocycles. The number of ether oxygens (including phenoxy) is 2. The van der Waals surface area contributed by atoms with Gasteiger partial charge in [-0.1, -0.05) is 24.3 Å². The molecule has 3 aromatic rings. The lowest BCUT2D eigenvalue weighted by atomic mass is 10.1. The number of aliphatic imine (C=N–C) groups is 1. The lowest BCUT2D eigenvalue weighted by Gasteiger charge is -2.11. The largest absolute Gasteiger partial charge is 0.420 e. The lowest BCUT2D eigenvalue weighted by Crippen LogP contribution is -2.11. The van der Waals surface area contributed by atoms with Gasteiger partial charge in [-0.3, -0.25) is 10.1 Å². The van der Waals surface area contributed by atoms with Crippen molar-refractivity contribution in [2.75, 3.05) is 0 Å². The van der Waals surface area contributed by atoms with Crippen molar-refractivity contribution in [3.05, 3.63) is 107 Å². The number of hydrogen-bond acceptors (Lipinski definition) is 7. The molecule has 176 valence electrons. The van der Waals surface area contributed by atoms with Crippen molar-refractivity contribution in [3.8, 4) is 5.75 Å². The van der Waals surface area contributed by atoms with Gasteiger partial charge < -0.3 is 9.47 Å². The summed E-state index contributed by atoms with van der Waals surface area (Å²) >= 11 is 6.82. The molecule has 10 heteroatoms. The Bertz CT molecular complexity index is 1440. The van der Waals surface area contributed by atoms with Gasteiger partial charge in [-0.15, -0.1) is 0 Å². The molecule has 0 saturated carbocycles. The first-order valence-electron chi connectivity index (χ1n) is 10.2. The van der Waals surface area contributed by atoms with Crippen LogP contribution in [0.25, 0.3) is 6.08 Å². The van der Waals surface area contributed by atoms with E-state index in [1.165, 1.54) is 18.2 Å². The highest BCUT2D eigenvalue weighted by atomic mass is 79.9. The molecule has 0 spiro atoms. The Morgan fingerprint density at radius 2 is 1.77 bits per heavy atom. The van der Waals surface area contributed by atoms with Crippen molar-refractivity contribution >= 4 is 61.5 Å². The van der Waals surface area contributed by atoms with Crippen LogP contribution in [0.2, 0.25) is 0 Å². The summed E-state index contributed by atoms with van der Waals surface area (Å²) in [6.45, 7) is 3.39. The topological polar surface area (TPSA) is 108 Å². The maximum atomic E-state index is 12.6. The quantitative estimate of drug-likeness (QED) is 0.112. The van der Waals surface area contributed by atoms with Gasteiger partial charge in [-0.2, -0.15) is 0 Å². The molecule has 1 heterocycles. The molecule has 0 bridgehead atoms. The van der Waals surface area contributed by atoms with Gasteiger partial charge in [0.2, 0.25) is 5.90 Å². The second kappa shape index (κ2) is 9.93. The van der Waals surface area contributed by atoms with Crippen LogP contribution in [0.1, 0.15) is 32.6 Å². The standard InChI is InChI=1S/C25H16Br2N2O6/c1-13-6-3-4-7-16(13)24(30)34-22-18(26)10-15(11-19(22)27)12-20-25(31)35-23(28-20)17-8-5-9-21(14(17)2)29(32)33/h3-12H,1-2H3/b20-12-. The minimum absolute atomic E-state index is 0.00985. The Hall–Kier alpha value is -3.63. The van der Waals surface area contributed by atoms with Crippen LogP contribution in [0.5, 0.6) is 5.75 Å². The number of carbonyl (C=O) groups is 2. The summed E-state index contributed by atoms with van der Waals surface area (Å²) in [4.78, 5) is 40.0. The summed E-state index contributed by atoms with van der Waals surface area (Å²) in [5.74, 6) is -0.917. The number of halogens is 2. The Balaban J connectivity index is 1.63. The number of nitro benzene ring substituents is 1. The van der Waals surface area contributed by atoms with Crippen LogP contribution < -0.4 is 4.74 Å². The van der Waals surface area contributed by atoms with E-state index in [2.05, 4.69) is 36.9 Å². The Labute approximate surface area is 216 Å². The van der Waals surface area contributed by atoms with Gasteiger partial charge in [0.1, 0.15) is 0 Å². The fraction of sp³-hybridized carbons (Fsp3) is 0.0800. The molecule has 8 nitrogen and oxygen atoms in total. The van der Waals surface area contributed by atoms with Crippen molar-refractivity contribution in [1.82, 2.24) is 0 Å². The second-order valence-corrected chi connectivity index (χ2v) is 9.27. The van der Waals surface area contributed by atoms with Gasteiger partial charge in [0.15, 0.2) is 11.4 Å². The number of esters is 2. The van der Waals surface area contributed by atoms with E-state index in [4.69, 9.17) is 9.47 Å². The first kappa shape index (κ1) is 24.5. The van der Waals surface area contributed by atoms with Crippen molar-refractivity contribution < 1.29 is 24.0 Å². The van der Waals surface area contributed by atoms with E-state index in [-0.39, 0.29) is 23.0 Å². The minimum Gasteiger partial charge on any atom is -0.420 e. The van der Waals surface area contributed by atoms with Gasteiger partial charge in [-0.25, -0.2) is 14.6 Å². The highest BCUT2D eigenvalue weighted by Gasteiger charge is 2.27. The molecule has 0 fully saturated rings. The van der Waals surface area contributed by atoms with Crippen LogP contribution in [0, 0.1) is 24.0 Å². The van der Waals surface area contributed by atoms with Crippen molar-refractivity contribution in [1.29, 1.82) is 0 Å². The van der Waals surface area contributed by atoms with Crippen LogP contribution >= 0.6 is 31.9 Å². The van der Waals surface area contributed by atoms with E-state index in [1.807, 2.05) is 19.1 Å². The predicted octanol–water partition coefficient (Wildman–Crippen LogP) is 6.30. The van der Waals surface area contributed by atoms with Crippen molar-refractivity contribution in [2.24, 2.45) is 4.99 Å². The summed E-state index contributed by atoms with van der Waals surface area (Å²) in [7, 11) is 0. The lowest BCUT2D eigenvalue weighted by molar-refractivity contribution is -0.385. The minimum atomic E-state index is -0.687. The third kappa shape index (κ3) is 5.08. The maximum Gasteiger partial charge on any atom is 0.363 e. The Morgan fingerprint density at radius 3 is 2.43 bits per heavy atom. The van der Waals surface area contributed by atoms with Crippen LogP contribution in [0.4, 0.5) is 5.69 Å². The molecule has 1 aliphatic rings.